The molecule has 0 aromatic heterocycles. The van der Waals surface area contributed by atoms with Gasteiger partial charge in [-0.15, -0.1) is 0 Å². The van der Waals surface area contributed by atoms with E-state index >= 15 is 0 Å². The first-order valence-electron chi connectivity index (χ1n) is 7.98. The van der Waals surface area contributed by atoms with Gasteiger partial charge in [0.2, 0.25) is 0 Å². The smallest absolute Gasteiger partial charge is 0.0571 e. The highest BCUT2D eigenvalue weighted by molar-refractivity contribution is 5.62. The number of benzene rings is 2. The Labute approximate surface area is 126 Å². The van der Waals surface area contributed by atoms with Crippen molar-refractivity contribution in [1.29, 1.82) is 0 Å². The van der Waals surface area contributed by atoms with Crippen molar-refractivity contribution in [1.82, 2.24) is 5.32 Å². The van der Waals surface area contributed by atoms with E-state index in [0.717, 1.165) is 19.6 Å². The number of hydrogen-bond donors (Lipinski definition) is 1. The van der Waals surface area contributed by atoms with Crippen molar-refractivity contribution in [2.45, 2.75) is 31.3 Å². The fourth-order valence-electron chi connectivity index (χ4n) is 3.98. The monoisotopic (exact) mass is 278 g/mol. The molecule has 21 heavy (non-hydrogen) atoms. The summed E-state index contributed by atoms with van der Waals surface area (Å²) < 4.78 is 0. The normalized spacial score (nSPS) is 24.3. The van der Waals surface area contributed by atoms with E-state index in [-0.39, 0.29) is 5.54 Å². The fraction of sp³-hybridized carbons (Fsp3) is 0.368. The molecule has 0 saturated carbocycles. The lowest BCUT2D eigenvalue weighted by Gasteiger charge is -2.43. The molecular weight excluding hydrogens is 256 g/mol. The third kappa shape index (κ3) is 2.24. The van der Waals surface area contributed by atoms with Crippen LogP contribution in [0.25, 0.3) is 0 Å². The predicted molar refractivity (Wildman–Crippen MR) is 87.6 cm³/mol. The van der Waals surface area contributed by atoms with Crippen molar-refractivity contribution < 1.29 is 0 Å². The summed E-state index contributed by atoms with van der Waals surface area (Å²) in [5, 5.41) is 3.63. The van der Waals surface area contributed by atoms with Gasteiger partial charge < -0.3 is 10.2 Å². The SMILES string of the molecule is c1ccc(CN2c3ccccc3CC23CCCNC3)cc1. The molecule has 4 rings (SSSR count). The minimum absolute atomic E-state index is 0.276. The number of fused-ring (bicyclic) bond motifs is 1. The number of nitrogens with zero attached hydrogens (tertiary/aromatic N) is 1. The molecule has 1 saturated heterocycles. The third-order valence-electron chi connectivity index (χ3n) is 5.01. The number of hydrogen-bond acceptors (Lipinski definition) is 2. The zero-order valence-electron chi connectivity index (χ0n) is 12.4. The number of rotatable bonds is 2. The van der Waals surface area contributed by atoms with Gasteiger partial charge in [-0.1, -0.05) is 48.5 Å². The lowest BCUT2D eigenvalue weighted by atomic mass is 9.86. The highest BCUT2D eigenvalue weighted by Gasteiger charge is 2.43. The lowest BCUT2D eigenvalue weighted by Crippen LogP contribution is -2.56. The summed E-state index contributed by atoms with van der Waals surface area (Å²) in [6.45, 7) is 3.28. The highest BCUT2D eigenvalue weighted by atomic mass is 15.3. The molecule has 0 amide bonds. The Balaban J connectivity index is 1.72. The third-order valence-corrected chi connectivity index (χ3v) is 5.01. The molecule has 2 heteroatoms. The van der Waals surface area contributed by atoms with Crippen LogP contribution in [0.15, 0.2) is 54.6 Å². The maximum Gasteiger partial charge on any atom is 0.0571 e. The molecule has 1 fully saturated rings. The van der Waals surface area contributed by atoms with Crippen LogP contribution >= 0.6 is 0 Å². The van der Waals surface area contributed by atoms with Gasteiger partial charge in [0.25, 0.3) is 0 Å². The zero-order valence-corrected chi connectivity index (χ0v) is 12.4. The molecule has 0 bridgehead atoms. The van der Waals surface area contributed by atoms with E-state index in [1.807, 2.05) is 0 Å². The van der Waals surface area contributed by atoms with Gasteiger partial charge in [0.1, 0.15) is 0 Å². The minimum Gasteiger partial charge on any atom is -0.360 e. The Morgan fingerprint density at radius 1 is 1.00 bits per heavy atom. The van der Waals surface area contributed by atoms with Gasteiger partial charge in [-0.05, 0) is 43.0 Å². The molecule has 1 spiro atoms. The number of anilines is 1. The van der Waals surface area contributed by atoms with Crippen molar-refractivity contribution in [3.05, 3.63) is 65.7 Å². The first kappa shape index (κ1) is 12.9. The van der Waals surface area contributed by atoms with E-state index in [9.17, 15) is 0 Å². The maximum absolute atomic E-state index is 3.63. The zero-order chi connectivity index (χ0) is 14.1. The second-order valence-electron chi connectivity index (χ2n) is 6.38. The summed E-state index contributed by atoms with van der Waals surface area (Å²) in [5.41, 5.74) is 4.62. The lowest BCUT2D eigenvalue weighted by molar-refractivity contribution is 0.302. The van der Waals surface area contributed by atoms with Crippen LogP contribution in [0.3, 0.4) is 0 Å². The average molecular weight is 278 g/mol. The molecule has 1 atom stereocenters. The van der Waals surface area contributed by atoms with Crippen molar-refractivity contribution in [2.75, 3.05) is 18.0 Å². The van der Waals surface area contributed by atoms with Gasteiger partial charge in [0.15, 0.2) is 0 Å². The molecule has 108 valence electrons. The first-order chi connectivity index (χ1) is 10.4. The number of piperidine rings is 1. The van der Waals surface area contributed by atoms with Gasteiger partial charge in [0.05, 0.1) is 5.54 Å². The largest absolute Gasteiger partial charge is 0.360 e. The van der Waals surface area contributed by atoms with Gasteiger partial charge in [-0.3, -0.25) is 0 Å². The van der Waals surface area contributed by atoms with Crippen molar-refractivity contribution in [3.8, 4) is 0 Å². The van der Waals surface area contributed by atoms with E-state index < -0.39 is 0 Å². The molecule has 2 aromatic carbocycles. The summed E-state index contributed by atoms with van der Waals surface area (Å²) in [5.74, 6) is 0. The summed E-state index contributed by atoms with van der Waals surface area (Å²) in [4.78, 5) is 2.66. The van der Waals surface area contributed by atoms with Crippen molar-refractivity contribution in [2.24, 2.45) is 0 Å². The standard InChI is InChI=1S/C19H22N2/c1-2-7-16(8-3-1)14-21-18-10-5-4-9-17(18)13-19(21)11-6-12-20-15-19/h1-5,7-10,20H,6,11-15H2. The van der Waals surface area contributed by atoms with Crippen LogP contribution in [-0.4, -0.2) is 18.6 Å². The molecule has 1 unspecified atom stereocenters. The molecule has 0 aliphatic carbocycles. The number of nitrogens with one attached hydrogen (secondary N) is 1. The molecule has 0 radical (unpaired) electrons. The van der Waals surface area contributed by atoms with Crippen LogP contribution < -0.4 is 10.2 Å². The molecule has 2 aliphatic heterocycles. The topological polar surface area (TPSA) is 15.3 Å². The van der Waals surface area contributed by atoms with Crippen LogP contribution in [0.4, 0.5) is 5.69 Å². The quantitative estimate of drug-likeness (QED) is 0.906. The molecule has 2 aromatic rings. The Hall–Kier alpha value is -1.80. The average Bonchev–Trinajstić information content (AvgIpc) is 2.83. The van der Waals surface area contributed by atoms with E-state index in [1.165, 1.54) is 36.1 Å². The molecular formula is C19H22N2. The summed E-state index contributed by atoms with van der Waals surface area (Å²) >= 11 is 0. The molecule has 2 aliphatic rings. The first-order valence-corrected chi connectivity index (χ1v) is 7.98. The Bertz CT molecular complexity index is 614. The number of para-hydroxylation sites is 1. The van der Waals surface area contributed by atoms with Crippen LogP contribution in [0.1, 0.15) is 24.0 Å². The van der Waals surface area contributed by atoms with E-state index in [4.69, 9.17) is 0 Å². The van der Waals surface area contributed by atoms with Crippen LogP contribution in [0, 0.1) is 0 Å². The Morgan fingerprint density at radius 2 is 1.81 bits per heavy atom. The second kappa shape index (κ2) is 5.19. The summed E-state index contributed by atoms with van der Waals surface area (Å²) in [6, 6.07) is 19.8. The van der Waals surface area contributed by atoms with Gasteiger partial charge in [-0.2, -0.15) is 0 Å². The highest BCUT2D eigenvalue weighted by Crippen LogP contribution is 2.42. The van der Waals surface area contributed by atoms with Crippen LogP contribution in [0.5, 0.6) is 0 Å². The van der Waals surface area contributed by atoms with Gasteiger partial charge >= 0.3 is 0 Å². The van der Waals surface area contributed by atoms with Crippen molar-refractivity contribution in [3.63, 3.8) is 0 Å². The Morgan fingerprint density at radius 3 is 2.62 bits per heavy atom. The predicted octanol–water partition coefficient (Wildman–Crippen LogP) is 3.37. The fourth-order valence-corrected chi connectivity index (χ4v) is 3.98. The van der Waals surface area contributed by atoms with Crippen LogP contribution in [0.2, 0.25) is 0 Å². The van der Waals surface area contributed by atoms with E-state index in [2.05, 4.69) is 64.8 Å². The Kier molecular flexibility index (Phi) is 3.19. The van der Waals surface area contributed by atoms with Gasteiger partial charge in [-0.25, -0.2) is 0 Å². The molecule has 1 N–H and O–H groups in total. The minimum atomic E-state index is 0.276. The summed E-state index contributed by atoms with van der Waals surface area (Å²) in [7, 11) is 0. The molecule has 2 nitrogen and oxygen atoms in total. The van der Waals surface area contributed by atoms with Crippen LogP contribution in [-0.2, 0) is 13.0 Å². The van der Waals surface area contributed by atoms with Gasteiger partial charge in [0, 0.05) is 18.8 Å². The second-order valence-corrected chi connectivity index (χ2v) is 6.38. The van der Waals surface area contributed by atoms with E-state index in [1.54, 1.807) is 0 Å². The molecule has 2 heterocycles. The van der Waals surface area contributed by atoms with Crippen molar-refractivity contribution >= 4 is 5.69 Å². The van der Waals surface area contributed by atoms with E-state index in [0.29, 0.717) is 0 Å². The summed E-state index contributed by atoms with van der Waals surface area (Å²) in [6.07, 6.45) is 3.75. The maximum atomic E-state index is 3.63.